The third-order valence-corrected chi connectivity index (χ3v) is 3.04. The fourth-order valence-corrected chi connectivity index (χ4v) is 2.27. The van der Waals surface area contributed by atoms with Crippen LogP contribution in [-0.4, -0.2) is 9.97 Å². The molecule has 0 spiro atoms. The van der Waals surface area contributed by atoms with Crippen molar-refractivity contribution < 1.29 is 4.73 Å². The van der Waals surface area contributed by atoms with Gasteiger partial charge in [-0.15, -0.1) is 11.8 Å². The van der Waals surface area contributed by atoms with Gasteiger partial charge in [-0.3, -0.25) is 0 Å². The van der Waals surface area contributed by atoms with E-state index in [-0.39, 0.29) is 0 Å². The van der Waals surface area contributed by atoms with Gasteiger partial charge in [-0.1, -0.05) is 0 Å². The van der Waals surface area contributed by atoms with E-state index in [1.54, 1.807) is 25.3 Å². The third kappa shape index (κ3) is 3.32. The van der Waals surface area contributed by atoms with Gasteiger partial charge in [-0.25, -0.2) is 9.97 Å². The van der Waals surface area contributed by atoms with E-state index < -0.39 is 0 Å². The number of nitrogens with two attached hydrogens (primary N) is 1. The van der Waals surface area contributed by atoms with E-state index in [4.69, 9.17) is 5.73 Å². The lowest BCUT2D eigenvalue weighted by molar-refractivity contribution is -0.605. The monoisotopic (exact) mass is 248 g/mol. The molecule has 0 amide bonds. The minimum absolute atomic E-state index is 0.465. The Morgan fingerprint density at radius 1 is 1.47 bits per heavy atom. The molecule has 2 aromatic rings. The smallest absolute Gasteiger partial charge is 0.184 e. The summed E-state index contributed by atoms with van der Waals surface area (Å²) in [5, 5.41) is 11.9. The number of pyridine rings is 1. The van der Waals surface area contributed by atoms with Gasteiger partial charge in [0.1, 0.15) is 16.7 Å². The summed E-state index contributed by atoms with van der Waals surface area (Å²) in [6.07, 6.45) is 3.01. The number of anilines is 1. The lowest BCUT2D eigenvalue weighted by atomic mass is 10.3. The number of nitrogen functional groups attached to an aromatic ring is 1. The van der Waals surface area contributed by atoms with Gasteiger partial charge in [0.05, 0.1) is 0 Å². The van der Waals surface area contributed by atoms with Gasteiger partial charge in [-0.05, 0) is 13.0 Å². The fourth-order valence-electron chi connectivity index (χ4n) is 1.38. The van der Waals surface area contributed by atoms with Crippen LogP contribution < -0.4 is 10.5 Å². The van der Waals surface area contributed by atoms with Gasteiger partial charge >= 0.3 is 0 Å². The number of nitrogens with zero attached hydrogens (tertiary/aromatic N) is 3. The van der Waals surface area contributed by atoms with Gasteiger partial charge in [0, 0.05) is 23.4 Å². The second-order valence-corrected chi connectivity index (χ2v) is 4.53. The standard InChI is InChI=1S/C11H12N4OS/c1-8-13-10(12)5-11(14-8)17-7-9-3-2-4-15(16)6-9/h2-6H,7H2,1H3,(H2,12,13,14). The molecule has 0 bridgehead atoms. The van der Waals surface area contributed by atoms with Crippen LogP contribution in [0.4, 0.5) is 5.82 Å². The Bertz CT molecular complexity index is 512. The maximum Gasteiger partial charge on any atom is 0.184 e. The summed E-state index contributed by atoms with van der Waals surface area (Å²) in [6, 6.07) is 5.35. The van der Waals surface area contributed by atoms with E-state index >= 15 is 0 Å². The van der Waals surface area contributed by atoms with Crippen LogP contribution in [0.25, 0.3) is 0 Å². The molecule has 0 aliphatic heterocycles. The molecule has 0 fully saturated rings. The Balaban J connectivity index is 2.07. The van der Waals surface area contributed by atoms with Crippen molar-refractivity contribution in [1.29, 1.82) is 0 Å². The molecule has 5 nitrogen and oxygen atoms in total. The lowest BCUT2D eigenvalue weighted by Gasteiger charge is -2.03. The summed E-state index contributed by atoms with van der Waals surface area (Å²) in [5.74, 6) is 1.80. The molecule has 2 heterocycles. The highest BCUT2D eigenvalue weighted by molar-refractivity contribution is 7.98. The van der Waals surface area contributed by atoms with E-state index in [1.165, 1.54) is 18.0 Å². The number of aryl methyl sites for hydroxylation is 1. The van der Waals surface area contributed by atoms with Crippen molar-refractivity contribution >= 4 is 17.6 Å². The molecule has 0 radical (unpaired) electrons. The Hall–Kier alpha value is -1.82. The highest BCUT2D eigenvalue weighted by atomic mass is 32.2. The van der Waals surface area contributed by atoms with Crippen molar-refractivity contribution in [2.24, 2.45) is 0 Å². The Morgan fingerprint density at radius 2 is 2.29 bits per heavy atom. The third-order valence-electron chi connectivity index (χ3n) is 2.06. The zero-order chi connectivity index (χ0) is 12.3. The van der Waals surface area contributed by atoms with Crippen LogP contribution in [0, 0.1) is 12.1 Å². The molecule has 17 heavy (non-hydrogen) atoms. The fraction of sp³-hybridized carbons (Fsp3) is 0.182. The second-order valence-electron chi connectivity index (χ2n) is 3.54. The van der Waals surface area contributed by atoms with Crippen molar-refractivity contribution in [3.63, 3.8) is 0 Å². The van der Waals surface area contributed by atoms with Crippen LogP contribution in [0.1, 0.15) is 11.4 Å². The first-order valence-corrected chi connectivity index (χ1v) is 6.04. The first-order chi connectivity index (χ1) is 8.13. The van der Waals surface area contributed by atoms with E-state index in [1.807, 2.05) is 6.07 Å². The highest BCUT2D eigenvalue weighted by Crippen LogP contribution is 2.21. The van der Waals surface area contributed by atoms with Crippen molar-refractivity contribution in [1.82, 2.24) is 9.97 Å². The quantitative estimate of drug-likeness (QED) is 0.383. The number of hydrogen-bond donors (Lipinski definition) is 1. The van der Waals surface area contributed by atoms with Crippen LogP contribution in [0.2, 0.25) is 0 Å². The van der Waals surface area contributed by atoms with Crippen molar-refractivity contribution in [2.45, 2.75) is 17.7 Å². The summed E-state index contributed by atoms with van der Waals surface area (Å²) in [4.78, 5) is 8.26. The molecule has 0 saturated heterocycles. The molecule has 6 heteroatoms. The SMILES string of the molecule is Cc1nc(N)cc(SCc2ccc[n+]([O-])c2)n1. The Labute approximate surface area is 103 Å². The summed E-state index contributed by atoms with van der Waals surface area (Å²) >= 11 is 1.53. The van der Waals surface area contributed by atoms with Crippen LogP contribution in [0.5, 0.6) is 0 Å². The molecule has 0 aliphatic carbocycles. The molecule has 2 aromatic heterocycles. The van der Waals surface area contributed by atoms with Gasteiger partial charge in [0.2, 0.25) is 0 Å². The average Bonchev–Trinajstić information content (AvgIpc) is 2.25. The maximum absolute atomic E-state index is 11.1. The average molecular weight is 248 g/mol. The van der Waals surface area contributed by atoms with Crippen LogP contribution >= 0.6 is 11.8 Å². The lowest BCUT2D eigenvalue weighted by Crippen LogP contribution is -2.24. The first-order valence-electron chi connectivity index (χ1n) is 5.05. The number of aromatic nitrogens is 3. The molecule has 2 N–H and O–H groups in total. The number of hydrogen-bond acceptors (Lipinski definition) is 5. The minimum Gasteiger partial charge on any atom is -0.619 e. The zero-order valence-corrected chi connectivity index (χ0v) is 10.1. The molecular formula is C11H12N4OS. The highest BCUT2D eigenvalue weighted by Gasteiger charge is 2.03. The normalized spacial score (nSPS) is 10.4. The summed E-state index contributed by atoms with van der Waals surface area (Å²) in [5.41, 5.74) is 6.58. The molecule has 0 saturated carbocycles. The maximum atomic E-state index is 11.1. The topological polar surface area (TPSA) is 78.7 Å². The van der Waals surface area contributed by atoms with E-state index in [0.29, 0.717) is 17.4 Å². The number of thioether (sulfide) groups is 1. The van der Waals surface area contributed by atoms with E-state index in [2.05, 4.69) is 9.97 Å². The molecule has 0 unspecified atom stereocenters. The summed E-state index contributed by atoms with van der Waals surface area (Å²) < 4.78 is 0.787. The van der Waals surface area contributed by atoms with Crippen LogP contribution in [0.15, 0.2) is 35.6 Å². The van der Waals surface area contributed by atoms with Crippen molar-refractivity contribution in [3.8, 4) is 0 Å². The van der Waals surface area contributed by atoms with E-state index in [0.717, 1.165) is 15.3 Å². The molecule has 88 valence electrons. The second kappa shape index (κ2) is 5.01. The molecular weight excluding hydrogens is 236 g/mol. The van der Waals surface area contributed by atoms with Gasteiger partial charge in [-0.2, -0.15) is 4.73 Å². The molecule has 0 aliphatic rings. The zero-order valence-electron chi connectivity index (χ0n) is 9.33. The van der Waals surface area contributed by atoms with Crippen LogP contribution in [-0.2, 0) is 5.75 Å². The summed E-state index contributed by atoms with van der Waals surface area (Å²) in [7, 11) is 0. The van der Waals surface area contributed by atoms with Crippen molar-refractivity contribution in [2.75, 3.05) is 5.73 Å². The Morgan fingerprint density at radius 3 is 3.00 bits per heavy atom. The predicted octanol–water partition coefficient (Wildman–Crippen LogP) is 1.29. The van der Waals surface area contributed by atoms with Gasteiger partial charge in [0.25, 0.3) is 0 Å². The largest absolute Gasteiger partial charge is 0.619 e. The van der Waals surface area contributed by atoms with Crippen molar-refractivity contribution in [3.05, 3.63) is 47.2 Å². The predicted molar refractivity (Wildman–Crippen MR) is 66.1 cm³/mol. The summed E-state index contributed by atoms with van der Waals surface area (Å²) in [6.45, 7) is 1.80. The first kappa shape index (κ1) is 11.7. The molecule has 2 rings (SSSR count). The molecule has 0 aromatic carbocycles. The van der Waals surface area contributed by atoms with Gasteiger partial charge in [0.15, 0.2) is 12.4 Å². The van der Waals surface area contributed by atoms with Gasteiger partial charge < -0.3 is 10.9 Å². The van der Waals surface area contributed by atoms with Crippen LogP contribution in [0.3, 0.4) is 0 Å². The minimum atomic E-state index is 0.465. The Kier molecular flexibility index (Phi) is 3.43. The molecule has 0 atom stereocenters. The van der Waals surface area contributed by atoms with E-state index in [9.17, 15) is 5.21 Å². The number of rotatable bonds is 3.